The number of amides is 2. The second kappa shape index (κ2) is 11.9. The van der Waals surface area contributed by atoms with Gasteiger partial charge in [0.05, 0.1) is 10.9 Å². The van der Waals surface area contributed by atoms with Crippen LogP contribution in [0.4, 0.5) is 10.8 Å². The highest BCUT2D eigenvalue weighted by Gasteiger charge is 2.20. The molecule has 1 atom stereocenters. The van der Waals surface area contributed by atoms with E-state index >= 15 is 0 Å². The molecule has 0 spiro atoms. The normalized spacial score (nSPS) is 11.7. The molecule has 4 aromatic carbocycles. The quantitative estimate of drug-likeness (QED) is 0.175. The molecular formula is C30H24BrN3O2S2. The maximum absolute atomic E-state index is 13.1. The van der Waals surface area contributed by atoms with E-state index in [2.05, 4.69) is 31.5 Å². The summed E-state index contributed by atoms with van der Waals surface area (Å²) in [5, 5.41) is 10.3. The number of nitrogens with one attached hydrogen (secondary N) is 2. The van der Waals surface area contributed by atoms with E-state index in [9.17, 15) is 9.59 Å². The number of halogens is 1. The van der Waals surface area contributed by atoms with Gasteiger partial charge in [-0.1, -0.05) is 71.4 Å². The lowest BCUT2D eigenvalue weighted by atomic mass is 10.1. The van der Waals surface area contributed by atoms with Crippen LogP contribution in [0.1, 0.15) is 23.7 Å². The lowest BCUT2D eigenvalue weighted by Gasteiger charge is -2.14. The van der Waals surface area contributed by atoms with Crippen LogP contribution in [0.15, 0.2) is 106 Å². The first-order valence-corrected chi connectivity index (χ1v) is 14.6. The average Bonchev–Trinajstić information content (AvgIpc) is 3.40. The first-order chi connectivity index (χ1) is 18.5. The lowest BCUT2D eigenvalue weighted by molar-refractivity contribution is -0.115. The summed E-state index contributed by atoms with van der Waals surface area (Å²) in [4.78, 5) is 31.4. The summed E-state index contributed by atoms with van der Waals surface area (Å²) < 4.78 is 1.00. The Morgan fingerprint density at radius 2 is 1.71 bits per heavy atom. The highest BCUT2D eigenvalue weighted by molar-refractivity contribution is 9.10. The molecule has 2 N–H and O–H groups in total. The molecule has 0 bridgehead atoms. The van der Waals surface area contributed by atoms with E-state index in [0.717, 1.165) is 31.4 Å². The van der Waals surface area contributed by atoms with E-state index in [4.69, 9.17) is 0 Å². The number of fused-ring (bicyclic) bond motifs is 1. The van der Waals surface area contributed by atoms with Crippen molar-refractivity contribution in [2.24, 2.45) is 0 Å². The van der Waals surface area contributed by atoms with Crippen LogP contribution >= 0.6 is 39.0 Å². The number of thioether (sulfide) groups is 1. The summed E-state index contributed by atoms with van der Waals surface area (Å²) in [7, 11) is 0. The molecule has 1 heterocycles. The molecule has 0 aliphatic rings. The third kappa shape index (κ3) is 6.32. The van der Waals surface area contributed by atoms with Crippen LogP contribution in [-0.2, 0) is 4.79 Å². The van der Waals surface area contributed by atoms with Crippen LogP contribution < -0.4 is 10.6 Å². The molecule has 8 heteroatoms. The molecule has 1 aromatic heterocycles. The van der Waals surface area contributed by atoms with Crippen LogP contribution in [0.3, 0.4) is 0 Å². The van der Waals surface area contributed by atoms with Crippen molar-refractivity contribution in [1.29, 1.82) is 0 Å². The van der Waals surface area contributed by atoms with E-state index in [1.165, 1.54) is 23.1 Å². The van der Waals surface area contributed by atoms with Crippen molar-refractivity contribution in [2.75, 3.05) is 10.6 Å². The fourth-order valence-electron chi connectivity index (χ4n) is 3.94. The SMILES string of the molecule is CCC(Sc1cccc(NC(=O)c2ccc3ccccc3c2)c1)C(=O)Nc1nc(-c2ccc(Br)cc2)cs1. The molecule has 5 nitrogen and oxygen atoms in total. The van der Waals surface area contributed by atoms with Gasteiger partial charge in [0.15, 0.2) is 5.13 Å². The standard InChI is InChI=1S/C30H24BrN3O2S2/c1-2-27(29(36)34-30-33-26(18-37-30)20-12-14-23(31)15-13-20)38-25-9-5-8-24(17-25)32-28(35)22-11-10-19-6-3-4-7-21(19)16-22/h3-18,27H,2H2,1H3,(H,32,35)(H,33,34,36). The van der Waals surface area contributed by atoms with Crippen LogP contribution in [0, 0.1) is 0 Å². The Morgan fingerprint density at radius 1 is 0.921 bits per heavy atom. The first-order valence-electron chi connectivity index (χ1n) is 12.1. The summed E-state index contributed by atoms with van der Waals surface area (Å²) in [6, 6.07) is 29.1. The number of hydrogen-bond acceptors (Lipinski definition) is 5. The summed E-state index contributed by atoms with van der Waals surface area (Å²) >= 11 is 6.32. The molecule has 190 valence electrons. The van der Waals surface area contributed by atoms with Crippen molar-refractivity contribution in [2.45, 2.75) is 23.5 Å². The Hall–Kier alpha value is -3.46. The monoisotopic (exact) mass is 601 g/mol. The van der Waals surface area contributed by atoms with Crippen molar-refractivity contribution < 1.29 is 9.59 Å². The topological polar surface area (TPSA) is 71.1 Å². The lowest BCUT2D eigenvalue weighted by Crippen LogP contribution is -2.24. The molecule has 0 fully saturated rings. The van der Waals surface area contributed by atoms with E-state index in [-0.39, 0.29) is 17.1 Å². The zero-order chi connectivity index (χ0) is 26.5. The Morgan fingerprint density at radius 3 is 2.50 bits per heavy atom. The van der Waals surface area contributed by atoms with Gasteiger partial charge in [-0.25, -0.2) is 4.98 Å². The highest BCUT2D eigenvalue weighted by Crippen LogP contribution is 2.30. The summed E-state index contributed by atoms with van der Waals surface area (Å²) in [5.41, 5.74) is 3.10. The van der Waals surface area contributed by atoms with Crippen LogP contribution in [0.5, 0.6) is 0 Å². The predicted octanol–water partition coefficient (Wildman–Crippen LogP) is 8.49. The summed E-state index contributed by atoms with van der Waals surface area (Å²) in [5.74, 6) is -0.271. The minimum absolute atomic E-state index is 0.0974. The van der Waals surface area contributed by atoms with Crippen LogP contribution in [-0.4, -0.2) is 22.0 Å². The zero-order valence-corrected chi connectivity index (χ0v) is 23.7. The van der Waals surface area contributed by atoms with Gasteiger partial charge in [0.25, 0.3) is 5.91 Å². The molecule has 0 saturated heterocycles. The molecule has 38 heavy (non-hydrogen) atoms. The second-order valence-corrected chi connectivity index (χ2v) is 11.6. The van der Waals surface area contributed by atoms with Gasteiger partial charge in [0.1, 0.15) is 0 Å². The van der Waals surface area contributed by atoms with E-state index in [1.807, 2.05) is 103 Å². The zero-order valence-electron chi connectivity index (χ0n) is 20.5. The molecule has 0 radical (unpaired) electrons. The Bertz CT molecular complexity index is 1600. The number of carbonyl (C=O) groups excluding carboxylic acids is 2. The van der Waals surface area contributed by atoms with Gasteiger partial charge in [-0.05, 0) is 59.7 Å². The van der Waals surface area contributed by atoms with Gasteiger partial charge in [0.2, 0.25) is 5.91 Å². The fraction of sp³-hybridized carbons (Fsp3) is 0.100. The molecule has 0 saturated carbocycles. The van der Waals surface area contributed by atoms with Gasteiger partial charge in [-0.2, -0.15) is 0 Å². The molecule has 0 aliphatic carbocycles. The Kier molecular flexibility index (Phi) is 8.22. The second-order valence-electron chi connectivity index (χ2n) is 8.59. The highest BCUT2D eigenvalue weighted by atomic mass is 79.9. The maximum Gasteiger partial charge on any atom is 0.255 e. The van der Waals surface area contributed by atoms with Gasteiger partial charge >= 0.3 is 0 Å². The van der Waals surface area contributed by atoms with Crippen molar-refractivity contribution >= 4 is 72.4 Å². The van der Waals surface area contributed by atoms with E-state index < -0.39 is 0 Å². The maximum atomic E-state index is 13.1. The van der Waals surface area contributed by atoms with Crippen molar-refractivity contribution in [3.8, 4) is 11.3 Å². The number of rotatable bonds is 8. The Labute approximate surface area is 237 Å². The average molecular weight is 603 g/mol. The number of hydrogen-bond donors (Lipinski definition) is 2. The first kappa shape index (κ1) is 26.2. The minimum Gasteiger partial charge on any atom is -0.322 e. The van der Waals surface area contributed by atoms with Gasteiger partial charge < -0.3 is 10.6 Å². The fourth-order valence-corrected chi connectivity index (χ4v) is 5.94. The van der Waals surface area contributed by atoms with Crippen molar-refractivity contribution in [3.63, 3.8) is 0 Å². The molecule has 0 aliphatic heterocycles. The largest absolute Gasteiger partial charge is 0.322 e. The smallest absolute Gasteiger partial charge is 0.255 e. The third-order valence-electron chi connectivity index (χ3n) is 5.92. The molecule has 5 rings (SSSR count). The van der Waals surface area contributed by atoms with Crippen LogP contribution in [0.25, 0.3) is 22.0 Å². The number of nitrogens with zero attached hydrogens (tertiary/aromatic N) is 1. The molecule has 5 aromatic rings. The van der Waals surface area contributed by atoms with E-state index in [1.54, 1.807) is 0 Å². The number of benzene rings is 4. The number of anilines is 2. The Balaban J connectivity index is 1.23. The summed E-state index contributed by atoms with van der Waals surface area (Å²) in [6.07, 6.45) is 0.648. The number of aromatic nitrogens is 1. The third-order valence-corrected chi connectivity index (χ3v) is 8.56. The van der Waals surface area contributed by atoms with Crippen LogP contribution in [0.2, 0.25) is 0 Å². The molecule has 1 unspecified atom stereocenters. The van der Waals surface area contributed by atoms with Crippen molar-refractivity contribution in [3.05, 3.63) is 106 Å². The number of thiazole rings is 1. The molecular weight excluding hydrogens is 578 g/mol. The number of carbonyl (C=O) groups is 2. The van der Waals surface area contributed by atoms with Gasteiger partial charge in [-0.15, -0.1) is 23.1 Å². The van der Waals surface area contributed by atoms with E-state index in [0.29, 0.717) is 22.8 Å². The molecule has 2 amide bonds. The summed E-state index contributed by atoms with van der Waals surface area (Å²) in [6.45, 7) is 1.98. The van der Waals surface area contributed by atoms with Gasteiger partial charge in [0, 0.05) is 31.6 Å². The predicted molar refractivity (Wildman–Crippen MR) is 162 cm³/mol. The van der Waals surface area contributed by atoms with Gasteiger partial charge in [-0.3, -0.25) is 9.59 Å². The van der Waals surface area contributed by atoms with Crippen molar-refractivity contribution in [1.82, 2.24) is 4.98 Å². The minimum atomic E-state index is -0.304.